The van der Waals surface area contributed by atoms with Gasteiger partial charge in [-0.3, -0.25) is 0 Å². The Balaban J connectivity index is 1.90. The maximum absolute atomic E-state index is 9.75. The SMILES string of the molecule is C[C@@H](NCc1cc(Br)ccc1O)C1CCCC1. The molecule has 0 amide bonds. The van der Waals surface area contributed by atoms with E-state index < -0.39 is 0 Å². The summed E-state index contributed by atoms with van der Waals surface area (Å²) < 4.78 is 1.01. The van der Waals surface area contributed by atoms with Crippen molar-refractivity contribution in [3.63, 3.8) is 0 Å². The Hall–Kier alpha value is -0.540. The fourth-order valence-electron chi connectivity index (χ4n) is 2.59. The van der Waals surface area contributed by atoms with Crippen molar-refractivity contribution >= 4 is 15.9 Å². The van der Waals surface area contributed by atoms with Crippen LogP contribution in [0.3, 0.4) is 0 Å². The van der Waals surface area contributed by atoms with E-state index >= 15 is 0 Å². The number of nitrogens with one attached hydrogen (secondary N) is 1. The summed E-state index contributed by atoms with van der Waals surface area (Å²) in [5, 5.41) is 13.3. The van der Waals surface area contributed by atoms with Gasteiger partial charge < -0.3 is 10.4 Å². The van der Waals surface area contributed by atoms with Gasteiger partial charge in [0.1, 0.15) is 5.75 Å². The average molecular weight is 298 g/mol. The molecular formula is C14H20BrNO. The molecule has 0 aromatic heterocycles. The fraction of sp³-hybridized carbons (Fsp3) is 0.571. The van der Waals surface area contributed by atoms with Crippen LogP contribution in [0, 0.1) is 5.92 Å². The first-order valence-corrected chi connectivity index (χ1v) is 7.17. The van der Waals surface area contributed by atoms with Crippen molar-refractivity contribution in [1.29, 1.82) is 0 Å². The molecule has 2 N–H and O–H groups in total. The number of rotatable bonds is 4. The van der Waals surface area contributed by atoms with Gasteiger partial charge in [0.2, 0.25) is 0 Å². The second-order valence-electron chi connectivity index (χ2n) is 4.99. The minimum Gasteiger partial charge on any atom is -0.508 e. The summed E-state index contributed by atoms with van der Waals surface area (Å²) in [5.74, 6) is 1.18. The highest BCUT2D eigenvalue weighted by Gasteiger charge is 2.21. The third-order valence-corrected chi connectivity index (χ3v) is 4.26. The van der Waals surface area contributed by atoms with E-state index in [0.717, 1.165) is 22.5 Å². The number of halogens is 1. The van der Waals surface area contributed by atoms with Crippen LogP contribution in [0.25, 0.3) is 0 Å². The third kappa shape index (κ3) is 3.46. The molecule has 1 aromatic carbocycles. The van der Waals surface area contributed by atoms with Crippen molar-refractivity contribution in [2.24, 2.45) is 5.92 Å². The molecule has 0 aliphatic heterocycles. The van der Waals surface area contributed by atoms with E-state index in [2.05, 4.69) is 28.2 Å². The van der Waals surface area contributed by atoms with Crippen LogP contribution in [-0.4, -0.2) is 11.1 Å². The highest BCUT2D eigenvalue weighted by Crippen LogP contribution is 2.28. The van der Waals surface area contributed by atoms with Crippen LogP contribution in [0.15, 0.2) is 22.7 Å². The molecule has 2 rings (SSSR count). The minimum absolute atomic E-state index is 0.374. The van der Waals surface area contributed by atoms with Crippen LogP contribution in [0.2, 0.25) is 0 Å². The van der Waals surface area contributed by atoms with Gasteiger partial charge in [-0.25, -0.2) is 0 Å². The molecule has 1 aromatic rings. The topological polar surface area (TPSA) is 32.3 Å². The van der Waals surface area contributed by atoms with E-state index in [1.165, 1.54) is 25.7 Å². The predicted molar refractivity (Wildman–Crippen MR) is 74.1 cm³/mol. The van der Waals surface area contributed by atoms with Crippen LogP contribution in [0.4, 0.5) is 0 Å². The predicted octanol–water partition coefficient (Wildman–Crippen LogP) is 3.82. The lowest BCUT2D eigenvalue weighted by atomic mass is 9.99. The highest BCUT2D eigenvalue weighted by molar-refractivity contribution is 9.10. The van der Waals surface area contributed by atoms with Crippen molar-refractivity contribution in [3.05, 3.63) is 28.2 Å². The van der Waals surface area contributed by atoms with Gasteiger partial charge in [0.15, 0.2) is 0 Å². The molecule has 0 saturated heterocycles. The molecule has 1 saturated carbocycles. The first-order chi connectivity index (χ1) is 8.16. The van der Waals surface area contributed by atoms with E-state index in [9.17, 15) is 5.11 Å². The molecule has 1 fully saturated rings. The zero-order chi connectivity index (χ0) is 12.3. The number of hydrogen-bond acceptors (Lipinski definition) is 2. The molecule has 0 heterocycles. The zero-order valence-corrected chi connectivity index (χ0v) is 11.8. The first kappa shape index (κ1) is 12.9. The van der Waals surface area contributed by atoms with Gasteiger partial charge in [-0.1, -0.05) is 28.8 Å². The molecule has 3 heteroatoms. The van der Waals surface area contributed by atoms with Crippen molar-refractivity contribution in [1.82, 2.24) is 5.32 Å². The Morgan fingerprint density at radius 2 is 2.12 bits per heavy atom. The van der Waals surface area contributed by atoms with Crippen LogP contribution in [-0.2, 0) is 6.54 Å². The Morgan fingerprint density at radius 1 is 1.41 bits per heavy atom. The summed E-state index contributed by atoms with van der Waals surface area (Å²) in [5.41, 5.74) is 0.962. The van der Waals surface area contributed by atoms with E-state index in [-0.39, 0.29) is 0 Å². The molecular weight excluding hydrogens is 278 g/mol. The number of phenolic OH excluding ortho intramolecular Hbond substituents is 1. The summed E-state index contributed by atoms with van der Waals surface area (Å²) in [6.07, 6.45) is 5.44. The highest BCUT2D eigenvalue weighted by atomic mass is 79.9. The van der Waals surface area contributed by atoms with Gasteiger partial charge in [-0.15, -0.1) is 0 Å². The van der Waals surface area contributed by atoms with Crippen molar-refractivity contribution in [3.8, 4) is 5.75 Å². The Kier molecular flexibility index (Phi) is 4.46. The molecule has 0 unspecified atom stereocenters. The summed E-state index contributed by atoms with van der Waals surface area (Å²) >= 11 is 3.43. The molecule has 1 aliphatic carbocycles. The van der Waals surface area contributed by atoms with Crippen LogP contribution in [0.5, 0.6) is 5.75 Å². The van der Waals surface area contributed by atoms with Crippen LogP contribution < -0.4 is 5.32 Å². The summed E-state index contributed by atoms with van der Waals surface area (Å²) in [6.45, 7) is 2.99. The van der Waals surface area contributed by atoms with Gasteiger partial charge in [-0.05, 0) is 43.9 Å². The average Bonchev–Trinajstić information content (AvgIpc) is 2.83. The summed E-state index contributed by atoms with van der Waals surface area (Å²) in [7, 11) is 0. The van der Waals surface area contributed by atoms with Crippen molar-refractivity contribution < 1.29 is 5.11 Å². The Labute approximate surface area is 112 Å². The van der Waals surface area contributed by atoms with E-state index in [1.54, 1.807) is 6.07 Å². The lowest BCUT2D eigenvalue weighted by Gasteiger charge is -2.20. The number of phenols is 1. The van der Waals surface area contributed by atoms with Gasteiger partial charge >= 0.3 is 0 Å². The standard InChI is InChI=1S/C14H20BrNO/c1-10(11-4-2-3-5-11)16-9-12-8-13(15)6-7-14(12)17/h6-8,10-11,16-17H,2-5,9H2,1H3/t10-/m1/s1. The third-order valence-electron chi connectivity index (χ3n) is 3.76. The number of hydrogen-bond donors (Lipinski definition) is 2. The largest absolute Gasteiger partial charge is 0.508 e. The molecule has 1 aliphatic rings. The summed E-state index contributed by atoms with van der Waals surface area (Å²) in [4.78, 5) is 0. The molecule has 0 bridgehead atoms. The number of aromatic hydroxyl groups is 1. The molecule has 0 spiro atoms. The monoisotopic (exact) mass is 297 g/mol. The molecule has 0 radical (unpaired) electrons. The number of benzene rings is 1. The van der Waals surface area contributed by atoms with Gasteiger partial charge in [0.05, 0.1) is 0 Å². The molecule has 1 atom stereocenters. The Bertz CT molecular complexity index is 374. The summed E-state index contributed by atoms with van der Waals surface area (Å²) in [6, 6.07) is 6.11. The van der Waals surface area contributed by atoms with Crippen molar-refractivity contribution in [2.75, 3.05) is 0 Å². The Morgan fingerprint density at radius 3 is 2.82 bits per heavy atom. The minimum atomic E-state index is 0.374. The molecule has 94 valence electrons. The maximum atomic E-state index is 9.75. The zero-order valence-electron chi connectivity index (χ0n) is 10.2. The second-order valence-corrected chi connectivity index (χ2v) is 5.90. The van der Waals surface area contributed by atoms with E-state index in [0.29, 0.717) is 11.8 Å². The van der Waals surface area contributed by atoms with Gasteiger partial charge in [0.25, 0.3) is 0 Å². The lowest BCUT2D eigenvalue weighted by Crippen LogP contribution is -2.31. The van der Waals surface area contributed by atoms with E-state index in [1.807, 2.05) is 12.1 Å². The fourth-order valence-corrected chi connectivity index (χ4v) is 3.00. The van der Waals surface area contributed by atoms with Crippen LogP contribution in [0.1, 0.15) is 38.2 Å². The normalized spacial score (nSPS) is 18.5. The lowest BCUT2D eigenvalue weighted by molar-refractivity contribution is 0.376. The van der Waals surface area contributed by atoms with Gasteiger partial charge in [0, 0.05) is 22.6 Å². The van der Waals surface area contributed by atoms with Crippen LogP contribution >= 0.6 is 15.9 Å². The molecule has 2 nitrogen and oxygen atoms in total. The smallest absolute Gasteiger partial charge is 0.120 e. The van der Waals surface area contributed by atoms with E-state index in [4.69, 9.17) is 0 Å². The van der Waals surface area contributed by atoms with Crippen molar-refractivity contribution in [2.45, 2.75) is 45.2 Å². The quantitative estimate of drug-likeness (QED) is 0.885. The maximum Gasteiger partial charge on any atom is 0.120 e. The first-order valence-electron chi connectivity index (χ1n) is 6.37. The molecule has 17 heavy (non-hydrogen) atoms. The second kappa shape index (κ2) is 5.87. The van der Waals surface area contributed by atoms with Gasteiger partial charge in [-0.2, -0.15) is 0 Å².